The molecule has 110 valence electrons. The molecule has 0 heterocycles. The zero-order valence-corrected chi connectivity index (χ0v) is 11.8. The van der Waals surface area contributed by atoms with Gasteiger partial charge in [-0.15, -0.1) is 0 Å². The van der Waals surface area contributed by atoms with Gasteiger partial charge in [-0.3, -0.25) is 10.1 Å². The number of aromatic hydroxyl groups is 1. The Balaban J connectivity index is 2.28. The van der Waals surface area contributed by atoms with Crippen LogP contribution in [0.15, 0.2) is 18.2 Å². The summed E-state index contributed by atoms with van der Waals surface area (Å²) in [5.74, 6) is -0.201. The smallest absolute Gasteiger partial charge is 0.296 e. The average Bonchev–Trinajstić information content (AvgIpc) is 2.79. The molecule has 0 spiro atoms. The first kappa shape index (κ1) is 14.6. The predicted molar refractivity (Wildman–Crippen MR) is 74.7 cm³/mol. The summed E-state index contributed by atoms with van der Waals surface area (Å²) in [6.07, 6.45) is 3.16. The molecule has 1 aromatic carbocycles. The maximum atomic E-state index is 11.7. The molecule has 0 aromatic heterocycles. The topological polar surface area (TPSA) is 110 Å². The fourth-order valence-electron chi connectivity index (χ4n) is 2.60. The van der Waals surface area contributed by atoms with Crippen molar-refractivity contribution in [2.24, 2.45) is 0 Å². The molecule has 2 rings (SSSR count). The third kappa shape index (κ3) is 3.01. The first-order valence-electron chi connectivity index (χ1n) is 6.22. The van der Waals surface area contributed by atoms with Gasteiger partial charge >= 0.3 is 0 Å². The number of nitrogens with zero attached hydrogens (tertiary/aromatic N) is 1. The molecular weight excluding hydrogens is 284 g/mol. The summed E-state index contributed by atoms with van der Waals surface area (Å²) in [5.41, 5.74) is -0.0301. The van der Waals surface area contributed by atoms with Crippen molar-refractivity contribution >= 4 is 21.2 Å². The zero-order valence-electron chi connectivity index (χ0n) is 10.9. The van der Waals surface area contributed by atoms with Gasteiger partial charge in [-0.05, 0) is 31.4 Å². The highest BCUT2D eigenvalue weighted by Gasteiger charge is 2.35. The number of rotatable bonds is 4. The highest BCUT2D eigenvalue weighted by Crippen LogP contribution is 2.33. The van der Waals surface area contributed by atoms with Crippen LogP contribution in [0.5, 0.6) is 5.75 Å². The van der Waals surface area contributed by atoms with Crippen molar-refractivity contribution in [3.8, 4) is 5.75 Å². The van der Waals surface area contributed by atoms with Crippen molar-refractivity contribution in [3.05, 3.63) is 28.3 Å². The van der Waals surface area contributed by atoms with Gasteiger partial charge in [-0.2, -0.15) is 0 Å². The zero-order chi connectivity index (χ0) is 14.9. The van der Waals surface area contributed by atoms with Gasteiger partial charge in [-0.25, -0.2) is 8.42 Å². The third-order valence-electron chi connectivity index (χ3n) is 3.52. The van der Waals surface area contributed by atoms with Crippen LogP contribution in [0.3, 0.4) is 0 Å². The van der Waals surface area contributed by atoms with Gasteiger partial charge in [0.2, 0.25) is 0 Å². The summed E-state index contributed by atoms with van der Waals surface area (Å²) >= 11 is 0. The lowest BCUT2D eigenvalue weighted by molar-refractivity contribution is -0.384. The molecule has 1 aliphatic rings. The van der Waals surface area contributed by atoms with E-state index in [0.717, 1.165) is 12.5 Å². The Morgan fingerprint density at radius 2 is 2.10 bits per heavy atom. The molecule has 2 N–H and O–H groups in total. The van der Waals surface area contributed by atoms with E-state index in [1.807, 2.05) is 0 Å². The van der Waals surface area contributed by atoms with Crippen molar-refractivity contribution in [1.29, 1.82) is 0 Å². The fourth-order valence-corrected chi connectivity index (χ4v) is 3.99. The second-order valence-corrected chi connectivity index (χ2v) is 7.27. The molecule has 20 heavy (non-hydrogen) atoms. The molecule has 0 radical (unpaired) electrons. The minimum absolute atomic E-state index is 0.201. The maximum Gasteiger partial charge on any atom is 0.296 e. The summed E-state index contributed by atoms with van der Waals surface area (Å²) in [5, 5.41) is 22.7. The van der Waals surface area contributed by atoms with Gasteiger partial charge in [0.15, 0.2) is 9.84 Å². The minimum atomic E-state index is -3.19. The molecule has 0 aliphatic heterocycles. The van der Waals surface area contributed by atoms with Crippen molar-refractivity contribution < 1.29 is 18.4 Å². The Bertz CT molecular complexity index is 629. The quantitative estimate of drug-likeness (QED) is 0.497. The summed E-state index contributed by atoms with van der Waals surface area (Å²) in [6, 6.07) is 3.44. The van der Waals surface area contributed by atoms with Crippen LogP contribution < -0.4 is 5.32 Å². The first-order chi connectivity index (χ1) is 9.29. The lowest BCUT2D eigenvalue weighted by Gasteiger charge is -2.20. The number of hydrogen-bond donors (Lipinski definition) is 2. The second kappa shape index (κ2) is 5.28. The predicted octanol–water partition coefficient (Wildman–Crippen LogP) is 1.68. The van der Waals surface area contributed by atoms with Crippen LogP contribution >= 0.6 is 0 Å². The first-order valence-corrected chi connectivity index (χ1v) is 8.17. The van der Waals surface area contributed by atoms with Crippen molar-refractivity contribution in [1.82, 2.24) is 0 Å². The summed E-state index contributed by atoms with van der Waals surface area (Å²) in [4.78, 5) is 10.4. The van der Waals surface area contributed by atoms with E-state index in [1.165, 1.54) is 18.4 Å². The largest absolute Gasteiger partial charge is 0.508 e. The van der Waals surface area contributed by atoms with Crippen molar-refractivity contribution in [3.63, 3.8) is 0 Å². The highest BCUT2D eigenvalue weighted by molar-refractivity contribution is 7.91. The van der Waals surface area contributed by atoms with Crippen molar-refractivity contribution in [2.45, 2.75) is 30.6 Å². The summed E-state index contributed by atoms with van der Waals surface area (Å²) < 4.78 is 23.4. The van der Waals surface area contributed by atoms with Crippen LogP contribution in [-0.2, 0) is 9.84 Å². The van der Waals surface area contributed by atoms with Crippen LogP contribution in [0.4, 0.5) is 11.4 Å². The number of phenolic OH excluding ortho intramolecular Hbond substituents is 1. The van der Waals surface area contributed by atoms with Crippen LogP contribution in [0.2, 0.25) is 0 Å². The SMILES string of the molecule is CS(=O)(=O)C1CCCC1Nc1ccc(O)cc1[N+](=O)[O-]. The number of anilines is 1. The van der Waals surface area contributed by atoms with Crippen LogP contribution in [-0.4, -0.2) is 36.0 Å². The lowest BCUT2D eigenvalue weighted by Crippen LogP contribution is -2.34. The van der Waals surface area contributed by atoms with E-state index >= 15 is 0 Å². The lowest BCUT2D eigenvalue weighted by atomic mass is 10.2. The molecule has 0 saturated heterocycles. The normalized spacial score (nSPS) is 22.6. The Kier molecular flexibility index (Phi) is 3.85. The fraction of sp³-hybridized carbons (Fsp3) is 0.500. The summed E-state index contributed by atoms with van der Waals surface area (Å²) in [7, 11) is -3.19. The van der Waals surface area contributed by atoms with E-state index in [9.17, 15) is 23.6 Å². The van der Waals surface area contributed by atoms with E-state index in [-0.39, 0.29) is 23.2 Å². The Morgan fingerprint density at radius 1 is 1.40 bits per heavy atom. The minimum Gasteiger partial charge on any atom is -0.508 e. The number of benzene rings is 1. The molecule has 0 amide bonds. The van der Waals surface area contributed by atoms with Gasteiger partial charge in [0, 0.05) is 12.3 Å². The molecule has 7 nitrogen and oxygen atoms in total. The van der Waals surface area contributed by atoms with E-state index < -0.39 is 20.0 Å². The van der Waals surface area contributed by atoms with E-state index in [4.69, 9.17) is 0 Å². The average molecular weight is 300 g/mol. The molecule has 2 atom stereocenters. The maximum absolute atomic E-state index is 11.7. The Labute approximate surface area is 116 Å². The molecule has 1 aliphatic carbocycles. The van der Waals surface area contributed by atoms with Crippen LogP contribution in [0.1, 0.15) is 19.3 Å². The standard InChI is InChI=1S/C12H16N2O5S/c1-20(18,19)12-4-2-3-10(12)13-9-6-5-8(15)7-11(9)14(16)17/h5-7,10,12-13,15H,2-4H2,1H3. The van der Waals surface area contributed by atoms with E-state index in [0.29, 0.717) is 12.8 Å². The van der Waals surface area contributed by atoms with Gasteiger partial charge < -0.3 is 10.4 Å². The van der Waals surface area contributed by atoms with Gasteiger partial charge in [-0.1, -0.05) is 0 Å². The third-order valence-corrected chi connectivity index (χ3v) is 5.19. The number of nitro groups is 1. The Morgan fingerprint density at radius 3 is 2.70 bits per heavy atom. The van der Waals surface area contributed by atoms with Gasteiger partial charge in [0.1, 0.15) is 11.4 Å². The molecular formula is C12H16N2O5S. The van der Waals surface area contributed by atoms with Gasteiger partial charge in [0.05, 0.1) is 16.2 Å². The molecule has 1 fully saturated rings. The number of sulfone groups is 1. The monoisotopic (exact) mass is 300 g/mol. The van der Waals surface area contributed by atoms with Gasteiger partial charge in [0.25, 0.3) is 5.69 Å². The number of nitro benzene ring substituents is 1. The van der Waals surface area contributed by atoms with E-state index in [1.54, 1.807) is 0 Å². The molecule has 8 heteroatoms. The molecule has 1 aromatic rings. The second-order valence-electron chi connectivity index (χ2n) is 5.01. The van der Waals surface area contributed by atoms with E-state index in [2.05, 4.69) is 5.32 Å². The molecule has 0 bridgehead atoms. The highest BCUT2D eigenvalue weighted by atomic mass is 32.2. The molecule has 1 saturated carbocycles. The summed E-state index contributed by atoms with van der Waals surface area (Å²) in [6.45, 7) is 0. The Hall–Kier alpha value is -1.83. The number of phenols is 1. The van der Waals surface area contributed by atoms with Crippen molar-refractivity contribution in [2.75, 3.05) is 11.6 Å². The number of nitrogens with one attached hydrogen (secondary N) is 1. The molecule has 2 unspecified atom stereocenters. The number of hydrogen-bond acceptors (Lipinski definition) is 6. The van der Waals surface area contributed by atoms with Crippen LogP contribution in [0, 0.1) is 10.1 Å². The van der Waals surface area contributed by atoms with Crippen LogP contribution in [0.25, 0.3) is 0 Å².